The Morgan fingerprint density at radius 3 is 2.80 bits per heavy atom. The minimum Gasteiger partial charge on any atom is -0.330 e. The highest BCUT2D eigenvalue weighted by molar-refractivity contribution is 5.17. The van der Waals surface area contributed by atoms with Gasteiger partial charge >= 0.3 is 6.18 Å². The third kappa shape index (κ3) is 3.67. The summed E-state index contributed by atoms with van der Waals surface area (Å²) in [6.45, 7) is 4.66. The molecule has 2 rings (SSSR count). The van der Waals surface area contributed by atoms with E-state index >= 15 is 0 Å². The molecule has 1 fully saturated rings. The van der Waals surface area contributed by atoms with Crippen LogP contribution in [0.15, 0.2) is 6.20 Å². The molecule has 2 heterocycles. The highest BCUT2D eigenvalue weighted by Gasteiger charge is 2.34. The summed E-state index contributed by atoms with van der Waals surface area (Å²) in [6.07, 6.45) is -1.01. The van der Waals surface area contributed by atoms with Crippen LogP contribution in [0.1, 0.15) is 29.9 Å². The Balaban J connectivity index is 2.06. The molecule has 1 atom stereocenters. The van der Waals surface area contributed by atoms with E-state index in [1.807, 2.05) is 0 Å². The van der Waals surface area contributed by atoms with Gasteiger partial charge in [0.1, 0.15) is 0 Å². The average molecular weight is 288 g/mol. The summed E-state index contributed by atoms with van der Waals surface area (Å²) in [5.74, 6) is -0.600. The van der Waals surface area contributed by atoms with Crippen molar-refractivity contribution in [3.8, 4) is 0 Å². The molecule has 7 heteroatoms. The molecule has 20 heavy (non-hydrogen) atoms. The van der Waals surface area contributed by atoms with Crippen LogP contribution in [0.4, 0.5) is 13.2 Å². The summed E-state index contributed by atoms with van der Waals surface area (Å²) in [5, 5.41) is 0. The molecule has 4 nitrogen and oxygen atoms in total. The van der Waals surface area contributed by atoms with Crippen molar-refractivity contribution in [1.82, 2.24) is 14.9 Å². The number of piperidine rings is 1. The number of aryl methyl sites for hydroxylation is 1. The van der Waals surface area contributed by atoms with Crippen LogP contribution in [0.3, 0.4) is 0 Å². The number of likely N-dealkylation sites (tertiary alicyclic amines) is 1. The van der Waals surface area contributed by atoms with Gasteiger partial charge in [0.05, 0.1) is 0 Å². The largest absolute Gasteiger partial charge is 0.451 e. The molecule has 0 saturated carbocycles. The molecule has 1 aliphatic rings. The third-order valence-electron chi connectivity index (χ3n) is 3.66. The van der Waals surface area contributed by atoms with Gasteiger partial charge in [0.2, 0.25) is 5.82 Å². The first-order valence-corrected chi connectivity index (χ1v) is 6.72. The number of aromatic nitrogens is 2. The second-order valence-corrected chi connectivity index (χ2v) is 5.28. The van der Waals surface area contributed by atoms with Gasteiger partial charge in [0.25, 0.3) is 0 Å². The summed E-state index contributed by atoms with van der Waals surface area (Å²) in [5.41, 5.74) is 6.82. The summed E-state index contributed by atoms with van der Waals surface area (Å²) in [7, 11) is 0. The van der Waals surface area contributed by atoms with Crippen LogP contribution in [-0.2, 0) is 12.7 Å². The van der Waals surface area contributed by atoms with Crippen LogP contribution in [0, 0.1) is 12.8 Å². The molecule has 2 N–H and O–H groups in total. The molecule has 0 aliphatic carbocycles. The van der Waals surface area contributed by atoms with Crippen molar-refractivity contribution in [2.75, 3.05) is 19.6 Å². The van der Waals surface area contributed by atoms with Crippen molar-refractivity contribution in [1.29, 1.82) is 0 Å². The van der Waals surface area contributed by atoms with Crippen LogP contribution in [0.25, 0.3) is 0 Å². The fraction of sp³-hybridized carbons (Fsp3) is 0.692. The Bertz CT molecular complexity index is 461. The molecule has 112 valence electrons. The normalized spacial score (nSPS) is 21.1. The molecule has 1 aromatic heterocycles. The van der Waals surface area contributed by atoms with E-state index in [0.29, 0.717) is 24.7 Å². The van der Waals surface area contributed by atoms with Gasteiger partial charge in [-0.1, -0.05) is 0 Å². The van der Waals surface area contributed by atoms with Gasteiger partial charge in [-0.25, -0.2) is 9.97 Å². The smallest absolute Gasteiger partial charge is 0.330 e. The monoisotopic (exact) mass is 288 g/mol. The summed E-state index contributed by atoms with van der Waals surface area (Å²) in [6, 6.07) is 0. The molecule has 1 aromatic rings. The fourth-order valence-electron chi connectivity index (χ4n) is 2.51. The van der Waals surface area contributed by atoms with Gasteiger partial charge in [-0.3, -0.25) is 4.90 Å². The average Bonchev–Trinajstić information content (AvgIpc) is 2.40. The van der Waals surface area contributed by atoms with Gasteiger partial charge in [0.15, 0.2) is 0 Å². The number of alkyl halides is 3. The van der Waals surface area contributed by atoms with Crippen molar-refractivity contribution >= 4 is 0 Å². The minimum absolute atomic E-state index is 0.391. The third-order valence-corrected chi connectivity index (χ3v) is 3.66. The summed E-state index contributed by atoms with van der Waals surface area (Å²) >= 11 is 0. The van der Waals surface area contributed by atoms with E-state index in [1.54, 1.807) is 6.92 Å². The van der Waals surface area contributed by atoms with E-state index in [1.165, 1.54) is 6.20 Å². The predicted molar refractivity (Wildman–Crippen MR) is 68.8 cm³/mol. The van der Waals surface area contributed by atoms with E-state index < -0.39 is 12.0 Å². The van der Waals surface area contributed by atoms with Crippen molar-refractivity contribution in [3.63, 3.8) is 0 Å². The van der Waals surface area contributed by atoms with E-state index in [0.717, 1.165) is 31.5 Å². The van der Waals surface area contributed by atoms with Crippen LogP contribution < -0.4 is 5.73 Å². The summed E-state index contributed by atoms with van der Waals surface area (Å²) in [4.78, 5) is 9.20. The maximum atomic E-state index is 12.5. The molecule has 1 aliphatic heterocycles. The van der Waals surface area contributed by atoms with Gasteiger partial charge in [0, 0.05) is 30.5 Å². The van der Waals surface area contributed by atoms with Crippen molar-refractivity contribution in [2.24, 2.45) is 11.7 Å². The van der Waals surface area contributed by atoms with Gasteiger partial charge in [-0.15, -0.1) is 0 Å². The highest BCUT2D eigenvalue weighted by Crippen LogP contribution is 2.26. The fourth-order valence-corrected chi connectivity index (χ4v) is 2.51. The second kappa shape index (κ2) is 6.05. The quantitative estimate of drug-likeness (QED) is 0.924. The Morgan fingerprint density at radius 2 is 2.20 bits per heavy atom. The second-order valence-electron chi connectivity index (χ2n) is 5.28. The van der Waals surface area contributed by atoms with Gasteiger partial charge in [-0.2, -0.15) is 13.2 Å². The van der Waals surface area contributed by atoms with Crippen LogP contribution >= 0.6 is 0 Å². The van der Waals surface area contributed by atoms with Crippen molar-refractivity contribution in [3.05, 3.63) is 23.3 Å². The van der Waals surface area contributed by atoms with E-state index in [2.05, 4.69) is 14.9 Å². The molecular weight excluding hydrogens is 269 g/mol. The number of rotatable bonds is 3. The van der Waals surface area contributed by atoms with Crippen molar-refractivity contribution in [2.45, 2.75) is 32.5 Å². The molecule has 1 unspecified atom stereocenters. The Labute approximate surface area is 116 Å². The number of nitrogens with two attached hydrogens (primary N) is 1. The number of nitrogens with zero attached hydrogens (tertiary/aromatic N) is 3. The van der Waals surface area contributed by atoms with E-state index in [-0.39, 0.29) is 0 Å². The Morgan fingerprint density at radius 1 is 1.45 bits per heavy atom. The molecular formula is C13H19F3N4. The zero-order valence-electron chi connectivity index (χ0n) is 11.5. The van der Waals surface area contributed by atoms with Crippen molar-refractivity contribution < 1.29 is 13.2 Å². The number of hydrogen-bond donors (Lipinski definition) is 1. The minimum atomic E-state index is -4.49. The maximum Gasteiger partial charge on any atom is 0.451 e. The van der Waals surface area contributed by atoms with Gasteiger partial charge in [-0.05, 0) is 38.8 Å². The molecule has 0 bridgehead atoms. The molecule has 0 radical (unpaired) electrons. The Kier molecular flexibility index (Phi) is 4.59. The zero-order valence-corrected chi connectivity index (χ0v) is 11.5. The Hall–Kier alpha value is -1.21. The lowest BCUT2D eigenvalue weighted by Crippen LogP contribution is -2.38. The lowest BCUT2D eigenvalue weighted by Gasteiger charge is -2.32. The standard InChI is InChI=1S/C13H19F3N4/c1-9-11(6-18-12(19-9)13(14,15)16)8-20-4-2-3-10(5-17)7-20/h6,10H,2-5,7-8,17H2,1H3. The number of halogens is 3. The van der Waals surface area contributed by atoms with Gasteiger partial charge < -0.3 is 5.73 Å². The predicted octanol–water partition coefficient (Wildman–Crippen LogP) is 1.97. The molecule has 0 spiro atoms. The first-order chi connectivity index (χ1) is 9.40. The zero-order chi connectivity index (χ0) is 14.8. The SMILES string of the molecule is Cc1nc(C(F)(F)F)ncc1CN1CCCC(CN)C1. The first kappa shape index (κ1) is 15.2. The molecule has 0 aromatic carbocycles. The van der Waals surface area contributed by atoms with Crippen LogP contribution in [0.2, 0.25) is 0 Å². The molecule has 1 saturated heterocycles. The summed E-state index contributed by atoms with van der Waals surface area (Å²) < 4.78 is 37.5. The lowest BCUT2D eigenvalue weighted by molar-refractivity contribution is -0.145. The first-order valence-electron chi connectivity index (χ1n) is 6.72. The molecule has 0 amide bonds. The van der Waals surface area contributed by atoms with Crippen LogP contribution in [-0.4, -0.2) is 34.5 Å². The topological polar surface area (TPSA) is 55.0 Å². The lowest BCUT2D eigenvalue weighted by atomic mass is 9.98. The number of hydrogen-bond acceptors (Lipinski definition) is 4. The van der Waals surface area contributed by atoms with Crippen LogP contribution in [0.5, 0.6) is 0 Å². The van der Waals surface area contributed by atoms with E-state index in [9.17, 15) is 13.2 Å². The maximum absolute atomic E-state index is 12.5. The highest BCUT2D eigenvalue weighted by atomic mass is 19.4. The van der Waals surface area contributed by atoms with E-state index in [4.69, 9.17) is 5.73 Å².